The zero-order valence-electron chi connectivity index (χ0n) is 14.5. The van der Waals surface area contributed by atoms with E-state index in [1.165, 1.54) is 6.33 Å². The van der Waals surface area contributed by atoms with Crippen molar-refractivity contribution in [3.05, 3.63) is 41.4 Å². The van der Waals surface area contributed by atoms with Crippen molar-refractivity contribution in [3.63, 3.8) is 0 Å². The van der Waals surface area contributed by atoms with E-state index < -0.39 is 0 Å². The Hall–Kier alpha value is -2.77. The van der Waals surface area contributed by atoms with Gasteiger partial charge in [0, 0.05) is 18.8 Å². The second kappa shape index (κ2) is 6.03. The zero-order chi connectivity index (χ0) is 17.4. The molecule has 1 N–H and O–H groups in total. The molecular weight excluding hydrogens is 306 g/mol. The smallest absolute Gasteiger partial charge is 0.270 e. The van der Waals surface area contributed by atoms with Crippen LogP contribution in [0.2, 0.25) is 0 Å². The average molecular weight is 327 g/mol. The summed E-state index contributed by atoms with van der Waals surface area (Å²) in [5, 5.41) is 11.5. The molecule has 0 spiro atoms. The molecule has 0 unspecified atom stereocenters. The highest BCUT2D eigenvalue weighted by atomic mass is 16.2. The first-order chi connectivity index (χ1) is 11.4. The topological polar surface area (TPSA) is 90.0 Å². The van der Waals surface area contributed by atoms with Gasteiger partial charge in [0.25, 0.3) is 5.91 Å². The number of nitrogens with one attached hydrogen (secondary N) is 1. The number of hydrogen-bond donors (Lipinski definition) is 1. The molecule has 0 aromatic carbocycles. The maximum absolute atomic E-state index is 12.7. The summed E-state index contributed by atoms with van der Waals surface area (Å²) >= 11 is 0. The van der Waals surface area contributed by atoms with E-state index in [-0.39, 0.29) is 17.9 Å². The predicted octanol–water partition coefficient (Wildman–Crippen LogP) is 1.60. The fourth-order valence-electron chi connectivity index (χ4n) is 2.69. The molecule has 0 aliphatic rings. The third-order valence-electron chi connectivity index (χ3n) is 3.94. The normalized spacial score (nSPS) is 12.8. The Labute approximate surface area is 139 Å². The Balaban J connectivity index is 1.92. The maximum Gasteiger partial charge on any atom is 0.270 e. The van der Waals surface area contributed by atoms with Gasteiger partial charge in [0.2, 0.25) is 0 Å². The monoisotopic (exact) mass is 327 g/mol. The molecule has 126 valence electrons. The largest absolute Gasteiger partial charge is 0.340 e. The van der Waals surface area contributed by atoms with Crippen LogP contribution in [-0.2, 0) is 7.05 Å². The molecule has 0 saturated heterocycles. The minimum absolute atomic E-state index is 0.166. The summed E-state index contributed by atoms with van der Waals surface area (Å²) in [5.41, 5.74) is 2.76. The molecule has 0 aliphatic carbocycles. The van der Waals surface area contributed by atoms with E-state index >= 15 is 0 Å². The molecule has 3 aromatic heterocycles. The Morgan fingerprint density at radius 1 is 1.25 bits per heavy atom. The molecule has 8 nitrogen and oxygen atoms in total. The molecule has 3 aromatic rings. The maximum atomic E-state index is 12.7. The SMILES string of the molecule is Cc1cc2nc(C(=O)N[C@H](c3ncnn3C)C(C)C)cc(C)n2n1. The number of rotatable bonds is 4. The van der Waals surface area contributed by atoms with Crippen LogP contribution < -0.4 is 5.32 Å². The Bertz CT molecular complexity index is 893. The van der Waals surface area contributed by atoms with Gasteiger partial charge in [-0.05, 0) is 25.8 Å². The molecule has 8 heteroatoms. The Morgan fingerprint density at radius 3 is 2.62 bits per heavy atom. The van der Waals surface area contributed by atoms with E-state index in [4.69, 9.17) is 0 Å². The van der Waals surface area contributed by atoms with Crippen molar-refractivity contribution in [3.8, 4) is 0 Å². The molecule has 3 rings (SSSR count). The van der Waals surface area contributed by atoms with Crippen LogP contribution in [0.15, 0.2) is 18.5 Å². The number of hydrogen-bond acceptors (Lipinski definition) is 5. The van der Waals surface area contributed by atoms with Crippen molar-refractivity contribution in [2.45, 2.75) is 33.7 Å². The van der Waals surface area contributed by atoms with Gasteiger partial charge in [-0.3, -0.25) is 9.48 Å². The highest BCUT2D eigenvalue weighted by Crippen LogP contribution is 2.19. The number of amides is 1. The van der Waals surface area contributed by atoms with Gasteiger partial charge in [-0.2, -0.15) is 10.2 Å². The van der Waals surface area contributed by atoms with E-state index in [9.17, 15) is 4.79 Å². The summed E-state index contributed by atoms with van der Waals surface area (Å²) < 4.78 is 3.40. The lowest BCUT2D eigenvalue weighted by Crippen LogP contribution is -2.34. The second-order valence-corrected chi connectivity index (χ2v) is 6.28. The van der Waals surface area contributed by atoms with Gasteiger partial charge >= 0.3 is 0 Å². The molecule has 0 aliphatic heterocycles. The minimum Gasteiger partial charge on any atom is -0.340 e. The van der Waals surface area contributed by atoms with Gasteiger partial charge in [0.05, 0.1) is 11.7 Å². The molecular formula is C16H21N7O. The number of fused-ring (bicyclic) bond motifs is 1. The lowest BCUT2D eigenvalue weighted by Gasteiger charge is -2.21. The first-order valence-corrected chi connectivity index (χ1v) is 7.85. The lowest BCUT2D eigenvalue weighted by atomic mass is 10.0. The molecule has 0 radical (unpaired) electrons. The lowest BCUT2D eigenvalue weighted by molar-refractivity contribution is 0.0917. The van der Waals surface area contributed by atoms with Crippen LogP contribution in [0.25, 0.3) is 5.65 Å². The molecule has 1 atom stereocenters. The molecule has 0 bridgehead atoms. The highest BCUT2D eigenvalue weighted by molar-refractivity contribution is 5.93. The van der Waals surface area contributed by atoms with Gasteiger partial charge < -0.3 is 5.32 Å². The fourth-order valence-corrected chi connectivity index (χ4v) is 2.69. The predicted molar refractivity (Wildman–Crippen MR) is 88.5 cm³/mol. The Kier molecular flexibility index (Phi) is 4.04. The highest BCUT2D eigenvalue weighted by Gasteiger charge is 2.24. The summed E-state index contributed by atoms with van der Waals surface area (Å²) in [7, 11) is 1.81. The number of carbonyl (C=O) groups excluding carboxylic acids is 1. The van der Waals surface area contributed by atoms with Crippen molar-refractivity contribution in [2.24, 2.45) is 13.0 Å². The van der Waals surface area contributed by atoms with Gasteiger partial charge in [-0.15, -0.1) is 0 Å². The van der Waals surface area contributed by atoms with Crippen LogP contribution in [0.4, 0.5) is 0 Å². The Morgan fingerprint density at radius 2 is 2.00 bits per heavy atom. The van der Waals surface area contributed by atoms with E-state index in [0.29, 0.717) is 11.3 Å². The van der Waals surface area contributed by atoms with Crippen LogP contribution in [-0.4, -0.2) is 35.3 Å². The van der Waals surface area contributed by atoms with E-state index in [1.807, 2.05) is 40.8 Å². The van der Waals surface area contributed by atoms with Crippen LogP contribution in [0, 0.1) is 19.8 Å². The molecule has 3 heterocycles. The van der Waals surface area contributed by atoms with Gasteiger partial charge in [0.1, 0.15) is 17.8 Å². The van der Waals surface area contributed by atoms with Crippen molar-refractivity contribution in [1.29, 1.82) is 0 Å². The summed E-state index contributed by atoms with van der Waals surface area (Å²) in [4.78, 5) is 21.4. The van der Waals surface area contributed by atoms with E-state index in [2.05, 4.69) is 25.5 Å². The van der Waals surface area contributed by atoms with E-state index in [1.54, 1.807) is 15.3 Å². The third-order valence-corrected chi connectivity index (χ3v) is 3.94. The number of aromatic nitrogens is 6. The summed E-state index contributed by atoms with van der Waals surface area (Å²) in [6.07, 6.45) is 1.49. The minimum atomic E-state index is -0.241. The molecule has 1 amide bonds. The van der Waals surface area contributed by atoms with Gasteiger partial charge in [-0.25, -0.2) is 14.5 Å². The summed E-state index contributed by atoms with van der Waals surface area (Å²) in [6, 6.07) is 3.35. The first-order valence-electron chi connectivity index (χ1n) is 7.85. The molecule has 0 fully saturated rings. The van der Waals surface area contributed by atoms with Gasteiger partial charge in [0.15, 0.2) is 5.65 Å². The van der Waals surface area contributed by atoms with Gasteiger partial charge in [-0.1, -0.05) is 13.8 Å². The van der Waals surface area contributed by atoms with Crippen LogP contribution in [0.5, 0.6) is 0 Å². The fraction of sp³-hybridized carbons (Fsp3) is 0.438. The average Bonchev–Trinajstić information content (AvgIpc) is 3.09. The first kappa shape index (κ1) is 16.1. The molecule has 24 heavy (non-hydrogen) atoms. The van der Waals surface area contributed by atoms with Crippen molar-refractivity contribution in [2.75, 3.05) is 0 Å². The van der Waals surface area contributed by atoms with Crippen molar-refractivity contribution < 1.29 is 4.79 Å². The van der Waals surface area contributed by atoms with E-state index in [0.717, 1.165) is 17.2 Å². The third kappa shape index (κ3) is 2.86. The van der Waals surface area contributed by atoms with Crippen LogP contribution in [0.1, 0.15) is 47.6 Å². The van der Waals surface area contributed by atoms with Crippen LogP contribution in [0.3, 0.4) is 0 Å². The quantitative estimate of drug-likeness (QED) is 0.786. The number of carbonyl (C=O) groups is 1. The van der Waals surface area contributed by atoms with Crippen molar-refractivity contribution >= 4 is 11.6 Å². The molecule has 0 saturated carbocycles. The van der Waals surface area contributed by atoms with Crippen molar-refractivity contribution in [1.82, 2.24) is 34.7 Å². The zero-order valence-corrected chi connectivity index (χ0v) is 14.5. The van der Waals surface area contributed by atoms with Crippen LogP contribution >= 0.6 is 0 Å². The standard InChI is InChI=1S/C16H21N7O/c1-9(2)14(15-17-8-18-22(15)5)20-16(24)12-7-11(4)23-13(19-12)6-10(3)21-23/h6-9,14H,1-5H3,(H,20,24)/t14-/m0/s1. The number of nitrogens with zero attached hydrogens (tertiary/aromatic N) is 6. The summed E-state index contributed by atoms with van der Waals surface area (Å²) in [5.74, 6) is 0.649. The summed E-state index contributed by atoms with van der Waals surface area (Å²) in [6.45, 7) is 7.86. The number of aryl methyl sites for hydroxylation is 3. The second-order valence-electron chi connectivity index (χ2n) is 6.28.